The largest absolute Gasteiger partial charge is 0.317 e. The molecule has 0 aliphatic carbocycles. The second-order valence-electron chi connectivity index (χ2n) is 3.44. The van der Waals surface area contributed by atoms with Gasteiger partial charge in [0.1, 0.15) is 6.17 Å². The first-order chi connectivity index (χ1) is 6.63. The maximum atomic E-state index is 13.6. The van der Waals surface area contributed by atoms with Crippen molar-refractivity contribution in [2.45, 2.75) is 25.6 Å². The molecule has 0 radical (unpaired) electrons. The topological polar surface area (TPSA) is 12.0 Å². The Morgan fingerprint density at radius 1 is 1.36 bits per heavy atom. The molecule has 0 saturated carbocycles. The van der Waals surface area contributed by atoms with Crippen molar-refractivity contribution >= 4 is 11.6 Å². The van der Waals surface area contributed by atoms with E-state index in [0.717, 1.165) is 0 Å². The standard InChI is InChI=1S/C11H15ClFN/c1-8(14-2)7-11(13)9-3-5-10(12)6-4-9/h3-6,8,11,14H,7H2,1-2H3. The predicted molar refractivity (Wildman–Crippen MR) is 58.4 cm³/mol. The SMILES string of the molecule is CNC(C)CC(F)c1ccc(Cl)cc1. The fourth-order valence-electron chi connectivity index (χ4n) is 1.24. The van der Waals surface area contributed by atoms with Gasteiger partial charge in [0.05, 0.1) is 0 Å². The molecule has 14 heavy (non-hydrogen) atoms. The zero-order valence-corrected chi connectivity index (χ0v) is 9.18. The van der Waals surface area contributed by atoms with Gasteiger partial charge in [0.2, 0.25) is 0 Å². The van der Waals surface area contributed by atoms with E-state index >= 15 is 0 Å². The first-order valence-electron chi connectivity index (χ1n) is 4.70. The van der Waals surface area contributed by atoms with Crippen LogP contribution in [-0.4, -0.2) is 13.1 Å². The fourth-order valence-corrected chi connectivity index (χ4v) is 1.36. The molecular weight excluding hydrogens is 201 g/mol. The van der Waals surface area contributed by atoms with Crippen LogP contribution in [-0.2, 0) is 0 Å². The van der Waals surface area contributed by atoms with Crippen molar-refractivity contribution in [3.63, 3.8) is 0 Å². The van der Waals surface area contributed by atoms with E-state index in [4.69, 9.17) is 11.6 Å². The highest BCUT2D eigenvalue weighted by Crippen LogP contribution is 2.23. The Morgan fingerprint density at radius 2 is 1.93 bits per heavy atom. The number of halogens is 2. The van der Waals surface area contributed by atoms with E-state index in [9.17, 15) is 4.39 Å². The maximum Gasteiger partial charge on any atom is 0.127 e. The Labute approximate surface area is 89.3 Å². The number of rotatable bonds is 4. The molecule has 3 heteroatoms. The molecule has 0 saturated heterocycles. The van der Waals surface area contributed by atoms with E-state index < -0.39 is 6.17 Å². The lowest BCUT2D eigenvalue weighted by Gasteiger charge is -2.14. The average Bonchev–Trinajstić information content (AvgIpc) is 2.18. The smallest absolute Gasteiger partial charge is 0.127 e. The zero-order chi connectivity index (χ0) is 10.6. The van der Waals surface area contributed by atoms with Gasteiger partial charge in [-0.2, -0.15) is 0 Å². The highest BCUT2D eigenvalue weighted by molar-refractivity contribution is 6.30. The van der Waals surface area contributed by atoms with E-state index in [0.29, 0.717) is 17.0 Å². The molecule has 1 N–H and O–H groups in total. The molecule has 0 aromatic heterocycles. The highest BCUT2D eigenvalue weighted by atomic mass is 35.5. The minimum Gasteiger partial charge on any atom is -0.317 e. The molecule has 1 nitrogen and oxygen atoms in total. The van der Waals surface area contributed by atoms with Crippen LogP contribution in [0.4, 0.5) is 4.39 Å². The van der Waals surface area contributed by atoms with Gasteiger partial charge >= 0.3 is 0 Å². The molecule has 1 aromatic carbocycles. The molecule has 1 rings (SSSR count). The Morgan fingerprint density at radius 3 is 2.43 bits per heavy atom. The van der Waals surface area contributed by atoms with E-state index in [1.807, 2.05) is 14.0 Å². The summed E-state index contributed by atoms with van der Waals surface area (Å²) in [5.74, 6) is 0. The molecule has 2 atom stereocenters. The molecule has 0 aliphatic heterocycles. The molecule has 1 aromatic rings. The van der Waals surface area contributed by atoms with E-state index in [-0.39, 0.29) is 6.04 Å². The minimum atomic E-state index is -0.922. The van der Waals surface area contributed by atoms with Gasteiger partial charge in [-0.1, -0.05) is 23.7 Å². The summed E-state index contributed by atoms with van der Waals surface area (Å²) >= 11 is 5.71. The first kappa shape index (κ1) is 11.5. The van der Waals surface area contributed by atoms with Crippen LogP contribution in [0.1, 0.15) is 25.1 Å². The number of hydrogen-bond donors (Lipinski definition) is 1. The van der Waals surface area contributed by atoms with Crippen LogP contribution in [0.3, 0.4) is 0 Å². The van der Waals surface area contributed by atoms with Crippen LogP contribution in [0.15, 0.2) is 24.3 Å². The number of alkyl halides is 1. The normalized spacial score (nSPS) is 15.1. The maximum absolute atomic E-state index is 13.6. The second kappa shape index (κ2) is 5.32. The fraction of sp³-hybridized carbons (Fsp3) is 0.455. The van der Waals surface area contributed by atoms with Gasteiger partial charge in [-0.25, -0.2) is 4.39 Å². The Kier molecular flexibility index (Phi) is 4.36. The van der Waals surface area contributed by atoms with Gasteiger partial charge in [-0.05, 0) is 38.1 Å². The van der Waals surface area contributed by atoms with E-state index in [1.54, 1.807) is 24.3 Å². The molecule has 0 amide bonds. The zero-order valence-electron chi connectivity index (χ0n) is 8.43. The molecule has 2 unspecified atom stereocenters. The van der Waals surface area contributed by atoms with E-state index in [2.05, 4.69) is 5.32 Å². The number of nitrogens with one attached hydrogen (secondary N) is 1. The van der Waals surface area contributed by atoms with Crippen molar-refractivity contribution in [1.29, 1.82) is 0 Å². The molecule has 0 heterocycles. The third kappa shape index (κ3) is 3.28. The molecule has 0 spiro atoms. The Bertz CT molecular complexity index is 273. The average molecular weight is 216 g/mol. The molecule has 78 valence electrons. The van der Waals surface area contributed by atoms with Gasteiger partial charge < -0.3 is 5.32 Å². The summed E-state index contributed by atoms with van der Waals surface area (Å²) in [6.45, 7) is 1.96. The molecule has 0 fully saturated rings. The summed E-state index contributed by atoms with van der Waals surface area (Å²) in [6.07, 6.45) is -0.437. The van der Waals surface area contributed by atoms with Crippen LogP contribution in [0.25, 0.3) is 0 Å². The summed E-state index contributed by atoms with van der Waals surface area (Å²) in [4.78, 5) is 0. The van der Waals surface area contributed by atoms with Gasteiger partial charge in [0, 0.05) is 11.1 Å². The van der Waals surface area contributed by atoms with Crippen molar-refractivity contribution in [3.05, 3.63) is 34.9 Å². The lowest BCUT2D eigenvalue weighted by Crippen LogP contribution is -2.22. The Balaban J connectivity index is 2.60. The van der Waals surface area contributed by atoms with Crippen molar-refractivity contribution < 1.29 is 4.39 Å². The molecular formula is C11H15ClFN. The van der Waals surface area contributed by atoms with Gasteiger partial charge in [-0.3, -0.25) is 0 Å². The lowest BCUT2D eigenvalue weighted by atomic mass is 10.0. The summed E-state index contributed by atoms with van der Waals surface area (Å²) in [6, 6.07) is 7.08. The first-order valence-corrected chi connectivity index (χ1v) is 5.08. The van der Waals surface area contributed by atoms with Crippen molar-refractivity contribution in [2.24, 2.45) is 0 Å². The lowest BCUT2D eigenvalue weighted by molar-refractivity contribution is 0.295. The summed E-state index contributed by atoms with van der Waals surface area (Å²) in [5, 5.41) is 3.65. The number of hydrogen-bond acceptors (Lipinski definition) is 1. The molecule has 0 bridgehead atoms. The quantitative estimate of drug-likeness (QED) is 0.812. The summed E-state index contributed by atoms with van der Waals surface area (Å²) < 4.78 is 13.6. The van der Waals surface area contributed by atoms with Crippen LogP contribution >= 0.6 is 11.6 Å². The van der Waals surface area contributed by atoms with Gasteiger partial charge in [0.25, 0.3) is 0 Å². The second-order valence-corrected chi connectivity index (χ2v) is 3.88. The third-order valence-electron chi connectivity index (χ3n) is 2.28. The third-order valence-corrected chi connectivity index (χ3v) is 2.54. The minimum absolute atomic E-state index is 0.181. The van der Waals surface area contributed by atoms with E-state index in [1.165, 1.54) is 0 Å². The number of benzene rings is 1. The van der Waals surface area contributed by atoms with Crippen molar-refractivity contribution in [1.82, 2.24) is 5.32 Å². The monoisotopic (exact) mass is 215 g/mol. The van der Waals surface area contributed by atoms with Crippen molar-refractivity contribution in [2.75, 3.05) is 7.05 Å². The van der Waals surface area contributed by atoms with Crippen LogP contribution in [0, 0.1) is 0 Å². The van der Waals surface area contributed by atoms with Crippen LogP contribution < -0.4 is 5.32 Å². The van der Waals surface area contributed by atoms with Crippen LogP contribution in [0.2, 0.25) is 5.02 Å². The van der Waals surface area contributed by atoms with Crippen LogP contribution in [0.5, 0.6) is 0 Å². The summed E-state index contributed by atoms with van der Waals surface area (Å²) in [7, 11) is 1.83. The highest BCUT2D eigenvalue weighted by Gasteiger charge is 2.12. The van der Waals surface area contributed by atoms with Gasteiger partial charge in [-0.15, -0.1) is 0 Å². The Hall–Kier alpha value is -0.600. The van der Waals surface area contributed by atoms with Crippen molar-refractivity contribution in [3.8, 4) is 0 Å². The van der Waals surface area contributed by atoms with Gasteiger partial charge in [0.15, 0.2) is 0 Å². The summed E-state index contributed by atoms with van der Waals surface area (Å²) in [5.41, 5.74) is 0.691. The molecule has 0 aliphatic rings. The predicted octanol–water partition coefficient (Wildman–Crippen LogP) is 3.35.